The summed E-state index contributed by atoms with van der Waals surface area (Å²) in [5.74, 6) is 2.42. The van der Waals surface area contributed by atoms with Crippen LogP contribution in [-0.4, -0.2) is 43.3 Å². The fraction of sp³-hybridized carbons (Fsp3) is 0.895. The van der Waals surface area contributed by atoms with Crippen molar-refractivity contribution in [3.63, 3.8) is 0 Å². The number of urea groups is 1. The zero-order chi connectivity index (χ0) is 17.3. The van der Waals surface area contributed by atoms with Crippen LogP contribution < -0.4 is 16.0 Å². The van der Waals surface area contributed by atoms with Crippen LogP contribution in [0, 0.1) is 17.8 Å². The van der Waals surface area contributed by atoms with Crippen molar-refractivity contribution in [2.75, 3.05) is 19.7 Å². The Morgan fingerprint density at radius 2 is 1.68 bits per heavy atom. The minimum absolute atomic E-state index is 0.0226. The Balaban J connectivity index is 1.15. The third kappa shape index (κ3) is 4.10. The predicted octanol–water partition coefficient (Wildman–Crippen LogP) is 1.94. The summed E-state index contributed by atoms with van der Waals surface area (Å²) in [5, 5.41) is 9.04. The van der Waals surface area contributed by atoms with E-state index in [4.69, 9.17) is 4.74 Å². The van der Waals surface area contributed by atoms with Crippen LogP contribution in [0.25, 0.3) is 0 Å². The van der Waals surface area contributed by atoms with Gasteiger partial charge in [0.2, 0.25) is 5.91 Å². The first kappa shape index (κ1) is 17.1. The lowest BCUT2D eigenvalue weighted by Gasteiger charge is -2.56. The molecule has 4 aliphatic carbocycles. The van der Waals surface area contributed by atoms with Gasteiger partial charge in [0.15, 0.2) is 0 Å². The second-order valence-electron chi connectivity index (χ2n) is 8.77. The molecule has 6 nitrogen and oxygen atoms in total. The molecule has 0 aromatic carbocycles. The summed E-state index contributed by atoms with van der Waals surface area (Å²) in [6.07, 6.45) is 10.1. The maximum absolute atomic E-state index is 12.3. The van der Waals surface area contributed by atoms with Crippen molar-refractivity contribution in [1.82, 2.24) is 16.0 Å². The molecule has 0 spiro atoms. The molecule has 1 aliphatic heterocycles. The molecule has 4 bridgehead atoms. The smallest absolute Gasteiger partial charge is 0.315 e. The monoisotopic (exact) mass is 349 g/mol. The number of carbonyl (C=O) groups excluding carboxylic acids is 2. The molecule has 5 rings (SSSR count). The van der Waals surface area contributed by atoms with E-state index in [9.17, 15) is 9.59 Å². The molecule has 4 saturated carbocycles. The topological polar surface area (TPSA) is 79.5 Å². The summed E-state index contributed by atoms with van der Waals surface area (Å²) < 4.78 is 5.49. The number of nitrogens with one attached hydrogen (secondary N) is 3. The molecule has 5 fully saturated rings. The highest BCUT2D eigenvalue weighted by molar-refractivity contribution is 5.78. The molecule has 3 amide bonds. The van der Waals surface area contributed by atoms with Crippen LogP contribution in [-0.2, 0) is 9.53 Å². The molecule has 1 unspecified atom stereocenters. The van der Waals surface area contributed by atoms with E-state index in [-0.39, 0.29) is 23.6 Å². The summed E-state index contributed by atoms with van der Waals surface area (Å²) in [4.78, 5) is 24.2. The quantitative estimate of drug-likeness (QED) is 0.686. The molecular formula is C19H31N3O3. The van der Waals surface area contributed by atoms with Gasteiger partial charge in [0.25, 0.3) is 0 Å². The van der Waals surface area contributed by atoms with Crippen LogP contribution in [0.2, 0.25) is 0 Å². The second kappa shape index (κ2) is 7.14. The van der Waals surface area contributed by atoms with Gasteiger partial charge in [0.1, 0.15) is 0 Å². The average molecular weight is 349 g/mol. The third-order valence-electron chi connectivity index (χ3n) is 6.61. The maximum atomic E-state index is 12.3. The molecule has 140 valence electrons. The highest BCUT2D eigenvalue weighted by atomic mass is 16.5. The lowest BCUT2D eigenvalue weighted by atomic mass is 9.53. The van der Waals surface area contributed by atoms with E-state index >= 15 is 0 Å². The van der Waals surface area contributed by atoms with E-state index in [1.807, 2.05) is 0 Å². The second-order valence-corrected chi connectivity index (χ2v) is 8.77. The van der Waals surface area contributed by atoms with Crippen LogP contribution in [0.4, 0.5) is 4.79 Å². The Hall–Kier alpha value is -1.30. The number of hydrogen-bond donors (Lipinski definition) is 3. The summed E-state index contributed by atoms with van der Waals surface area (Å²) >= 11 is 0. The average Bonchev–Trinajstić information content (AvgIpc) is 3.04. The first-order chi connectivity index (χ1) is 12.1. The van der Waals surface area contributed by atoms with Crippen molar-refractivity contribution in [2.24, 2.45) is 17.8 Å². The molecule has 1 atom stereocenters. The SMILES string of the molecule is O=C(CCNC(=O)NC12CC3CC(CC(C3)C1)C2)NCC1CCCO1. The predicted molar refractivity (Wildman–Crippen MR) is 94.0 cm³/mol. The summed E-state index contributed by atoms with van der Waals surface area (Å²) in [6, 6.07) is -0.103. The van der Waals surface area contributed by atoms with Gasteiger partial charge in [-0.15, -0.1) is 0 Å². The van der Waals surface area contributed by atoms with Gasteiger partial charge in [-0.3, -0.25) is 4.79 Å². The summed E-state index contributed by atoms with van der Waals surface area (Å²) in [6.45, 7) is 1.76. The Bertz CT molecular complexity index is 481. The van der Waals surface area contributed by atoms with Gasteiger partial charge in [-0.2, -0.15) is 0 Å². The number of hydrogen-bond acceptors (Lipinski definition) is 3. The van der Waals surface area contributed by atoms with Crippen LogP contribution in [0.15, 0.2) is 0 Å². The van der Waals surface area contributed by atoms with Gasteiger partial charge < -0.3 is 20.7 Å². The molecule has 3 N–H and O–H groups in total. The van der Waals surface area contributed by atoms with Gasteiger partial charge in [-0.25, -0.2) is 4.79 Å². The van der Waals surface area contributed by atoms with Gasteiger partial charge in [-0.05, 0) is 69.1 Å². The van der Waals surface area contributed by atoms with Gasteiger partial charge in [-0.1, -0.05) is 0 Å². The first-order valence-corrected chi connectivity index (χ1v) is 10.0. The molecule has 1 heterocycles. The minimum atomic E-state index is -0.103. The summed E-state index contributed by atoms with van der Waals surface area (Å²) in [5.41, 5.74) is 0.0287. The maximum Gasteiger partial charge on any atom is 0.315 e. The Morgan fingerprint density at radius 3 is 2.28 bits per heavy atom. The number of carbonyl (C=O) groups is 2. The van der Waals surface area contributed by atoms with E-state index in [0.717, 1.165) is 56.5 Å². The van der Waals surface area contributed by atoms with Crippen LogP contribution in [0.5, 0.6) is 0 Å². The highest BCUT2D eigenvalue weighted by Gasteiger charge is 2.51. The van der Waals surface area contributed by atoms with Gasteiger partial charge >= 0.3 is 6.03 Å². The van der Waals surface area contributed by atoms with Crippen molar-refractivity contribution in [1.29, 1.82) is 0 Å². The largest absolute Gasteiger partial charge is 0.376 e. The first-order valence-electron chi connectivity index (χ1n) is 10.0. The lowest BCUT2D eigenvalue weighted by molar-refractivity contribution is -0.121. The molecular weight excluding hydrogens is 318 g/mol. The van der Waals surface area contributed by atoms with E-state index in [1.54, 1.807) is 0 Å². The third-order valence-corrected chi connectivity index (χ3v) is 6.61. The van der Waals surface area contributed by atoms with Crippen LogP contribution in [0.3, 0.4) is 0 Å². The molecule has 0 aromatic rings. The molecule has 1 saturated heterocycles. The van der Waals surface area contributed by atoms with Crippen molar-refractivity contribution < 1.29 is 14.3 Å². The molecule has 0 radical (unpaired) electrons. The van der Waals surface area contributed by atoms with Crippen molar-refractivity contribution in [2.45, 2.75) is 69.4 Å². The highest BCUT2D eigenvalue weighted by Crippen LogP contribution is 2.55. The standard InChI is InChI=1S/C19H31N3O3/c23-17(21-12-16-2-1-5-25-16)3-4-20-18(24)22-19-9-13-6-14(10-19)8-15(7-13)11-19/h13-16H,1-12H2,(H,21,23)(H2,20,22,24). The fourth-order valence-corrected chi connectivity index (χ4v) is 5.96. The lowest BCUT2D eigenvalue weighted by Crippen LogP contribution is -2.61. The van der Waals surface area contributed by atoms with E-state index in [0.29, 0.717) is 19.5 Å². The fourth-order valence-electron chi connectivity index (χ4n) is 5.96. The number of rotatable bonds is 6. The minimum Gasteiger partial charge on any atom is -0.376 e. The van der Waals surface area contributed by atoms with Gasteiger partial charge in [0, 0.05) is 31.7 Å². The Labute approximate surface area is 149 Å². The zero-order valence-electron chi connectivity index (χ0n) is 15.0. The van der Waals surface area contributed by atoms with E-state index in [2.05, 4.69) is 16.0 Å². The van der Waals surface area contributed by atoms with Crippen molar-refractivity contribution >= 4 is 11.9 Å². The van der Waals surface area contributed by atoms with Crippen LogP contribution in [0.1, 0.15) is 57.8 Å². The zero-order valence-corrected chi connectivity index (χ0v) is 15.0. The van der Waals surface area contributed by atoms with Crippen LogP contribution >= 0.6 is 0 Å². The Kier molecular flexibility index (Phi) is 4.89. The summed E-state index contributed by atoms with van der Waals surface area (Å²) in [7, 11) is 0. The molecule has 25 heavy (non-hydrogen) atoms. The van der Waals surface area contributed by atoms with E-state index in [1.165, 1.54) is 19.3 Å². The Morgan fingerprint density at radius 1 is 1.00 bits per heavy atom. The van der Waals surface area contributed by atoms with Crippen molar-refractivity contribution in [3.05, 3.63) is 0 Å². The normalized spacial score (nSPS) is 38.6. The molecule has 6 heteroatoms. The van der Waals surface area contributed by atoms with Gasteiger partial charge in [0.05, 0.1) is 6.10 Å². The molecule has 0 aromatic heterocycles. The van der Waals surface area contributed by atoms with Crippen molar-refractivity contribution in [3.8, 4) is 0 Å². The van der Waals surface area contributed by atoms with E-state index < -0.39 is 0 Å². The number of ether oxygens (including phenoxy) is 1. The number of amides is 3. The molecule has 5 aliphatic rings.